The highest BCUT2D eigenvalue weighted by molar-refractivity contribution is 9.10. The monoisotopic (exact) mass is 850 g/mol. The minimum atomic E-state index is -2.43. The Kier molecular flexibility index (Phi) is 13.6. The lowest BCUT2D eigenvalue weighted by Crippen LogP contribution is -2.47. The summed E-state index contributed by atoms with van der Waals surface area (Å²) >= 11 is 3.23. The molecule has 1 atom stereocenters. The van der Waals surface area contributed by atoms with E-state index in [1.807, 2.05) is 13.8 Å². The van der Waals surface area contributed by atoms with Crippen LogP contribution in [-0.2, 0) is 36.6 Å². The first-order valence-corrected chi connectivity index (χ1v) is 18.8. The lowest BCUT2D eigenvalue weighted by molar-refractivity contribution is -0.151. The molecule has 0 fully saturated rings. The molecule has 0 aliphatic heterocycles. The molecule has 0 bridgehead atoms. The van der Waals surface area contributed by atoms with Crippen LogP contribution in [-0.4, -0.2) is 66.5 Å². The third kappa shape index (κ3) is 7.98. The number of carbonyl (C=O) groups excluding carboxylic acids is 5. The fourth-order valence-electron chi connectivity index (χ4n) is 7.04. The van der Waals surface area contributed by atoms with Crippen LogP contribution in [0.2, 0.25) is 0 Å². The number of ketones is 1. The minimum absolute atomic E-state index is 0.0371. The number of hydrogen-bond acceptors (Lipinski definition) is 13. The molecule has 1 aliphatic rings. The van der Waals surface area contributed by atoms with Gasteiger partial charge in [-0.05, 0) is 152 Å². The molecule has 0 amide bonds. The Morgan fingerprint density at radius 2 is 1.26 bits per heavy atom. The number of benzene rings is 3. The minimum Gasteiger partial charge on any atom is -0.506 e. The number of rotatable bonds is 12. The van der Waals surface area contributed by atoms with Crippen LogP contribution >= 0.6 is 15.9 Å². The van der Waals surface area contributed by atoms with E-state index >= 15 is 0 Å². The molecule has 3 aromatic carbocycles. The number of carbonyl (C=O) groups is 5. The van der Waals surface area contributed by atoms with Crippen LogP contribution in [0.3, 0.4) is 0 Å². The van der Waals surface area contributed by atoms with E-state index in [9.17, 15) is 34.2 Å². The second-order valence-corrected chi connectivity index (χ2v) is 14.5. The third-order valence-electron chi connectivity index (χ3n) is 10.5. The predicted molar refractivity (Wildman–Crippen MR) is 212 cm³/mol. The number of esters is 4. The molecule has 1 aliphatic carbocycles. The Hall–Kier alpha value is -5.31. The van der Waals surface area contributed by atoms with E-state index in [1.165, 1.54) is 34.1 Å². The number of aliphatic hydroxyl groups is 1. The van der Waals surface area contributed by atoms with Gasteiger partial charge in [-0.15, -0.1) is 0 Å². The van der Waals surface area contributed by atoms with E-state index in [0.717, 1.165) is 12.2 Å². The highest BCUT2D eigenvalue weighted by Crippen LogP contribution is 2.44. The van der Waals surface area contributed by atoms with Crippen LogP contribution in [0, 0.1) is 48.5 Å². The molecule has 4 rings (SSSR count). The molecule has 13 nitrogen and oxygen atoms in total. The van der Waals surface area contributed by atoms with Crippen molar-refractivity contribution in [3.8, 4) is 23.0 Å². The zero-order valence-corrected chi connectivity index (χ0v) is 35.7. The van der Waals surface area contributed by atoms with Crippen molar-refractivity contribution >= 4 is 45.6 Å². The number of hydrogen-bond donors (Lipinski definition) is 2. The molecule has 0 saturated carbocycles. The van der Waals surface area contributed by atoms with Crippen molar-refractivity contribution in [2.45, 2.75) is 87.7 Å². The van der Waals surface area contributed by atoms with Crippen molar-refractivity contribution in [3.05, 3.63) is 101 Å². The Balaban J connectivity index is 1.68. The molecule has 0 saturated heterocycles. The zero-order valence-electron chi connectivity index (χ0n) is 34.1. The Bertz CT molecular complexity index is 2220. The molecular formula is C43H47BrO13. The number of methoxy groups -OCH3 is 2. The van der Waals surface area contributed by atoms with Gasteiger partial charge >= 0.3 is 23.9 Å². The molecule has 14 heteroatoms. The SMILES string of the molecule is CCc1c(C)c(C(=O)OCOC)c(C)c(CC)c1OC(=O)c1c(C)cc(OC(=O)c2c(C)c(C)c(OC(=O)C3(O)C(C)=CC(=O)C=C3OC)c(Br)c2O)c(C)c1C. The lowest BCUT2D eigenvalue weighted by atomic mass is 9.87. The fraction of sp³-hybridized carbons (Fsp3) is 0.372. The van der Waals surface area contributed by atoms with Gasteiger partial charge in [0.05, 0.1) is 18.2 Å². The van der Waals surface area contributed by atoms with E-state index in [1.54, 1.807) is 41.5 Å². The van der Waals surface area contributed by atoms with Gasteiger partial charge in [0.25, 0.3) is 0 Å². The van der Waals surface area contributed by atoms with Gasteiger partial charge in [0.2, 0.25) is 5.60 Å². The largest absolute Gasteiger partial charge is 0.506 e. The van der Waals surface area contributed by atoms with Gasteiger partial charge in [-0.25, -0.2) is 19.2 Å². The quantitative estimate of drug-likeness (QED) is 0.105. The average Bonchev–Trinajstić information content (AvgIpc) is 3.15. The summed E-state index contributed by atoms with van der Waals surface area (Å²) in [6, 6.07) is 1.53. The summed E-state index contributed by atoms with van der Waals surface area (Å²) in [7, 11) is 2.61. The molecule has 0 spiro atoms. The molecule has 3 aromatic rings. The van der Waals surface area contributed by atoms with Crippen LogP contribution in [0.25, 0.3) is 0 Å². The third-order valence-corrected chi connectivity index (χ3v) is 11.2. The number of phenols is 1. The summed E-state index contributed by atoms with van der Waals surface area (Å²) in [4.78, 5) is 66.2. The summed E-state index contributed by atoms with van der Waals surface area (Å²) in [6.45, 7) is 16.7. The predicted octanol–water partition coefficient (Wildman–Crippen LogP) is 7.33. The van der Waals surface area contributed by atoms with Crippen LogP contribution < -0.4 is 14.2 Å². The normalized spacial score (nSPS) is 15.1. The van der Waals surface area contributed by atoms with E-state index in [-0.39, 0.29) is 56.4 Å². The van der Waals surface area contributed by atoms with Crippen molar-refractivity contribution in [2.24, 2.45) is 0 Å². The standard InChI is InChI=1S/C43H47BrO13/c1-13-28-25(9)33(39(47)54-18-52-11)26(10)29(14-2)38(28)56-40(48)32-19(3)15-30(21(5)22(32)6)55-41(49)34-23(7)24(8)37(35(44)36(34)46)57-42(50)43(51)20(4)16-27(45)17-31(43)53-12/h15-17,46,51H,13-14,18H2,1-12H3. The topological polar surface area (TPSA) is 181 Å². The van der Waals surface area contributed by atoms with Crippen molar-refractivity contribution in [2.75, 3.05) is 21.0 Å². The Morgan fingerprint density at radius 3 is 1.81 bits per heavy atom. The van der Waals surface area contributed by atoms with Gasteiger partial charge in [0.1, 0.15) is 33.0 Å². The number of aryl methyl sites for hydroxylation is 1. The van der Waals surface area contributed by atoms with Crippen LogP contribution in [0.5, 0.6) is 23.0 Å². The van der Waals surface area contributed by atoms with Crippen molar-refractivity contribution in [1.82, 2.24) is 0 Å². The number of phenolic OH excluding ortho intramolecular Hbond substituents is 1. The summed E-state index contributed by atoms with van der Waals surface area (Å²) in [5, 5.41) is 22.6. The maximum absolute atomic E-state index is 14.0. The molecule has 2 N–H and O–H groups in total. The Morgan fingerprint density at radius 1 is 0.702 bits per heavy atom. The highest BCUT2D eigenvalue weighted by atomic mass is 79.9. The van der Waals surface area contributed by atoms with Gasteiger partial charge in [-0.1, -0.05) is 13.8 Å². The molecule has 0 heterocycles. The van der Waals surface area contributed by atoms with Gasteiger partial charge in [-0.3, -0.25) is 4.79 Å². The lowest BCUT2D eigenvalue weighted by Gasteiger charge is -2.30. The zero-order chi connectivity index (χ0) is 42.8. The van der Waals surface area contributed by atoms with Crippen molar-refractivity contribution < 1.29 is 62.6 Å². The summed E-state index contributed by atoms with van der Waals surface area (Å²) in [6.07, 6.45) is 2.98. The van der Waals surface area contributed by atoms with E-state index in [4.69, 9.17) is 28.4 Å². The van der Waals surface area contributed by atoms with Gasteiger partial charge in [0, 0.05) is 13.2 Å². The van der Waals surface area contributed by atoms with E-state index in [2.05, 4.69) is 15.9 Å². The first-order valence-electron chi connectivity index (χ1n) is 18.0. The summed E-state index contributed by atoms with van der Waals surface area (Å²) in [5.74, 6) is -4.43. The number of allylic oxidation sites excluding steroid dienone is 2. The fourth-order valence-corrected chi connectivity index (χ4v) is 7.62. The maximum atomic E-state index is 14.0. The summed E-state index contributed by atoms with van der Waals surface area (Å²) < 4.78 is 32.7. The van der Waals surface area contributed by atoms with E-state index in [0.29, 0.717) is 63.1 Å². The van der Waals surface area contributed by atoms with Gasteiger partial charge in [-0.2, -0.15) is 0 Å². The van der Waals surface area contributed by atoms with Crippen LogP contribution in [0.1, 0.15) is 102 Å². The molecular weight excluding hydrogens is 804 g/mol. The van der Waals surface area contributed by atoms with Crippen molar-refractivity contribution in [3.63, 3.8) is 0 Å². The number of ether oxygens (including phenoxy) is 6. The highest BCUT2D eigenvalue weighted by Gasteiger charge is 2.48. The van der Waals surface area contributed by atoms with Gasteiger partial charge < -0.3 is 38.6 Å². The van der Waals surface area contributed by atoms with Gasteiger partial charge in [0.15, 0.2) is 18.3 Å². The van der Waals surface area contributed by atoms with E-state index < -0.39 is 41.0 Å². The molecule has 0 radical (unpaired) electrons. The first-order chi connectivity index (χ1) is 26.7. The smallest absolute Gasteiger partial charge is 0.356 e. The molecule has 1 unspecified atom stereocenters. The second kappa shape index (κ2) is 17.5. The second-order valence-electron chi connectivity index (χ2n) is 13.7. The van der Waals surface area contributed by atoms with Crippen LogP contribution in [0.4, 0.5) is 0 Å². The Labute approximate surface area is 339 Å². The average molecular weight is 852 g/mol. The maximum Gasteiger partial charge on any atom is 0.356 e. The number of halogens is 1. The van der Waals surface area contributed by atoms with Crippen molar-refractivity contribution in [1.29, 1.82) is 0 Å². The summed E-state index contributed by atoms with van der Waals surface area (Å²) in [5.41, 5.74) is 2.48. The first kappa shape index (κ1) is 44.4. The molecule has 57 heavy (non-hydrogen) atoms. The molecule has 304 valence electrons. The number of aromatic hydroxyl groups is 1. The van der Waals surface area contributed by atoms with Crippen LogP contribution in [0.15, 0.2) is 34.0 Å². The molecule has 0 aromatic heterocycles.